The van der Waals surface area contributed by atoms with E-state index >= 15 is 0 Å². The minimum Gasteiger partial charge on any atom is -0.378 e. The number of halogens is 1. The summed E-state index contributed by atoms with van der Waals surface area (Å²) in [5.41, 5.74) is 3.31. The first kappa shape index (κ1) is 18.8. The summed E-state index contributed by atoms with van der Waals surface area (Å²) in [6.45, 7) is 4.15. The van der Waals surface area contributed by atoms with Crippen LogP contribution in [0, 0.1) is 5.82 Å². The van der Waals surface area contributed by atoms with Crippen LogP contribution in [0.1, 0.15) is 18.1 Å². The maximum atomic E-state index is 13.2. The molecule has 2 aromatic carbocycles. The predicted octanol–water partition coefficient (Wildman–Crippen LogP) is 3.19. The fourth-order valence-electron chi connectivity index (χ4n) is 2.43. The van der Waals surface area contributed by atoms with Gasteiger partial charge in [-0.1, -0.05) is 24.3 Å². The van der Waals surface area contributed by atoms with Gasteiger partial charge < -0.3 is 15.5 Å². The van der Waals surface area contributed by atoms with Gasteiger partial charge in [0, 0.05) is 32.9 Å². The number of benzene rings is 2. The molecule has 0 aromatic heterocycles. The largest absolute Gasteiger partial charge is 0.378 e. The van der Waals surface area contributed by atoms with E-state index in [1.54, 1.807) is 12.1 Å². The molecule has 0 spiro atoms. The van der Waals surface area contributed by atoms with E-state index in [1.165, 1.54) is 11.8 Å². The number of rotatable bonds is 7. The van der Waals surface area contributed by atoms with Gasteiger partial charge in [0.15, 0.2) is 5.96 Å². The van der Waals surface area contributed by atoms with Crippen molar-refractivity contribution < 1.29 is 4.39 Å². The number of guanidine groups is 1. The Labute approximate surface area is 149 Å². The standard InChI is InChI=1S/C20H27FN4/c1-4-22-20(23-13-12-16-6-5-7-18(21)14-16)24-15-17-8-10-19(11-9-17)25(2)3/h5-11,14H,4,12-13,15H2,1-3H3,(H2,22,23,24). The minimum absolute atomic E-state index is 0.195. The molecule has 5 heteroatoms. The lowest BCUT2D eigenvalue weighted by Gasteiger charge is -2.13. The van der Waals surface area contributed by atoms with E-state index in [0.717, 1.165) is 30.1 Å². The van der Waals surface area contributed by atoms with Crippen LogP contribution in [0.15, 0.2) is 53.5 Å². The summed E-state index contributed by atoms with van der Waals surface area (Å²) < 4.78 is 13.2. The number of nitrogens with one attached hydrogen (secondary N) is 2. The summed E-state index contributed by atoms with van der Waals surface area (Å²) in [6, 6.07) is 15.1. The van der Waals surface area contributed by atoms with Crippen molar-refractivity contribution in [3.8, 4) is 0 Å². The van der Waals surface area contributed by atoms with Crippen LogP contribution in [0.25, 0.3) is 0 Å². The molecule has 25 heavy (non-hydrogen) atoms. The van der Waals surface area contributed by atoms with E-state index in [-0.39, 0.29) is 5.82 Å². The first-order chi connectivity index (χ1) is 12.1. The van der Waals surface area contributed by atoms with Gasteiger partial charge in [-0.15, -0.1) is 0 Å². The monoisotopic (exact) mass is 342 g/mol. The van der Waals surface area contributed by atoms with Crippen molar-refractivity contribution in [1.82, 2.24) is 10.6 Å². The summed E-state index contributed by atoms with van der Waals surface area (Å²) in [5.74, 6) is 0.579. The van der Waals surface area contributed by atoms with Crippen LogP contribution in [0.2, 0.25) is 0 Å². The van der Waals surface area contributed by atoms with Crippen LogP contribution in [0.5, 0.6) is 0 Å². The first-order valence-corrected chi connectivity index (χ1v) is 8.61. The molecule has 0 saturated carbocycles. The molecule has 0 amide bonds. The summed E-state index contributed by atoms with van der Waals surface area (Å²) in [6.07, 6.45) is 0.750. The summed E-state index contributed by atoms with van der Waals surface area (Å²) in [5, 5.41) is 6.53. The van der Waals surface area contributed by atoms with Crippen molar-refractivity contribution >= 4 is 11.6 Å². The predicted molar refractivity (Wildman–Crippen MR) is 104 cm³/mol. The molecule has 0 aliphatic heterocycles. The zero-order chi connectivity index (χ0) is 18.1. The second-order valence-electron chi connectivity index (χ2n) is 6.06. The molecule has 0 radical (unpaired) electrons. The van der Waals surface area contributed by atoms with Gasteiger partial charge >= 0.3 is 0 Å². The lowest BCUT2D eigenvalue weighted by molar-refractivity contribution is 0.625. The number of hydrogen-bond acceptors (Lipinski definition) is 2. The molecule has 0 aliphatic carbocycles. The van der Waals surface area contributed by atoms with Crippen molar-refractivity contribution in [3.63, 3.8) is 0 Å². The Morgan fingerprint density at radius 1 is 1.04 bits per heavy atom. The third kappa shape index (κ3) is 6.45. The Morgan fingerprint density at radius 3 is 2.44 bits per heavy atom. The smallest absolute Gasteiger partial charge is 0.191 e. The maximum Gasteiger partial charge on any atom is 0.191 e. The number of nitrogens with zero attached hydrogens (tertiary/aromatic N) is 2. The van der Waals surface area contributed by atoms with E-state index in [4.69, 9.17) is 0 Å². The Kier molecular flexibility index (Phi) is 7.26. The third-order valence-corrected chi connectivity index (χ3v) is 3.81. The normalized spacial score (nSPS) is 11.3. The molecule has 2 N–H and O–H groups in total. The van der Waals surface area contributed by atoms with Gasteiger partial charge in [0.2, 0.25) is 0 Å². The van der Waals surface area contributed by atoms with E-state index in [0.29, 0.717) is 13.1 Å². The van der Waals surface area contributed by atoms with Crippen LogP contribution in [0.3, 0.4) is 0 Å². The average Bonchev–Trinajstić information content (AvgIpc) is 2.60. The van der Waals surface area contributed by atoms with Gasteiger partial charge in [0.05, 0.1) is 6.54 Å². The van der Waals surface area contributed by atoms with Crippen LogP contribution in [0.4, 0.5) is 10.1 Å². The van der Waals surface area contributed by atoms with Gasteiger partial charge in [0.1, 0.15) is 5.82 Å². The second-order valence-corrected chi connectivity index (χ2v) is 6.06. The van der Waals surface area contributed by atoms with Crippen LogP contribution in [-0.2, 0) is 13.0 Å². The lowest BCUT2D eigenvalue weighted by Crippen LogP contribution is -2.38. The topological polar surface area (TPSA) is 39.7 Å². The Bertz CT molecular complexity index is 680. The Morgan fingerprint density at radius 2 is 1.80 bits per heavy atom. The van der Waals surface area contributed by atoms with E-state index in [1.807, 2.05) is 27.1 Å². The third-order valence-electron chi connectivity index (χ3n) is 3.81. The molecular weight excluding hydrogens is 315 g/mol. The van der Waals surface area contributed by atoms with Gasteiger partial charge in [-0.3, -0.25) is 0 Å². The number of anilines is 1. The summed E-state index contributed by atoms with van der Waals surface area (Å²) in [7, 11) is 4.05. The molecular formula is C20H27FN4. The molecule has 4 nitrogen and oxygen atoms in total. The lowest BCUT2D eigenvalue weighted by atomic mass is 10.1. The Hall–Kier alpha value is -2.56. The van der Waals surface area contributed by atoms with Gasteiger partial charge in [-0.05, 0) is 48.7 Å². The molecule has 0 aliphatic rings. The minimum atomic E-state index is -0.195. The van der Waals surface area contributed by atoms with Crippen molar-refractivity contribution in [2.24, 2.45) is 4.99 Å². The maximum absolute atomic E-state index is 13.2. The highest BCUT2D eigenvalue weighted by Crippen LogP contribution is 2.12. The number of hydrogen-bond donors (Lipinski definition) is 2. The van der Waals surface area contributed by atoms with Crippen LogP contribution < -0.4 is 15.5 Å². The van der Waals surface area contributed by atoms with Crippen molar-refractivity contribution in [2.75, 3.05) is 32.1 Å². The fourth-order valence-corrected chi connectivity index (χ4v) is 2.43. The highest BCUT2D eigenvalue weighted by atomic mass is 19.1. The molecule has 0 unspecified atom stereocenters. The molecule has 0 saturated heterocycles. The molecule has 0 fully saturated rings. The molecule has 0 atom stereocenters. The number of aliphatic imine (C=N–C) groups is 1. The SMILES string of the molecule is CCNC(=NCc1ccc(N(C)C)cc1)NCCc1cccc(F)c1. The average molecular weight is 342 g/mol. The first-order valence-electron chi connectivity index (χ1n) is 8.61. The summed E-state index contributed by atoms with van der Waals surface area (Å²) in [4.78, 5) is 6.69. The molecule has 2 aromatic rings. The molecule has 2 rings (SSSR count). The van der Waals surface area contributed by atoms with E-state index in [9.17, 15) is 4.39 Å². The van der Waals surface area contributed by atoms with Crippen molar-refractivity contribution in [3.05, 3.63) is 65.5 Å². The van der Waals surface area contributed by atoms with Crippen molar-refractivity contribution in [2.45, 2.75) is 19.9 Å². The zero-order valence-electron chi connectivity index (χ0n) is 15.2. The molecule has 0 bridgehead atoms. The summed E-state index contributed by atoms with van der Waals surface area (Å²) >= 11 is 0. The van der Waals surface area contributed by atoms with Crippen LogP contribution in [-0.4, -0.2) is 33.1 Å². The quantitative estimate of drug-likeness (QED) is 0.600. The van der Waals surface area contributed by atoms with Gasteiger partial charge in [-0.2, -0.15) is 0 Å². The molecule has 134 valence electrons. The Balaban J connectivity index is 1.89. The van der Waals surface area contributed by atoms with Crippen molar-refractivity contribution in [1.29, 1.82) is 0 Å². The second kappa shape index (κ2) is 9.67. The van der Waals surface area contributed by atoms with E-state index < -0.39 is 0 Å². The zero-order valence-corrected chi connectivity index (χ0v) is 15.2. The van der Waals surface area contributed by atoms with Crippen LogP contribution >= 0.6 is 0 Å². The fraction of sp³-hybridized carbons (Fsp3) is 0.350. The van der Waals surface area contributed by atoms with Gasteiger partial charge in [0.25, 0.3) is 0 Å². The molecule has 0 heterocycles. The van der Waals surface area contributed by atoms with Gasteiger partial charge in [-0.25, -0.2) is 9.38 Å². The highest BCUT2D eigenvalue weighted by Gasteiger charge is 2.00. The van der Waals surface area contributed by atoms with E-state index in [2.05, 4.69) is 44.8 Å². The highest BCUT2D eigenvalue weighted by molar-refractivity contribution is 5.79.